The second kappa shape index (κ2) is 7.38. The van der Waals surface area contributed by atoms with E-state index in [1.54, 1.807) is 11.9 Å². The normalized spacial score (nSPS) is 39.2. The summed E-state index contributed by atoms with van der Waals surface area (Å²) in [6.45, 7) is 2.43. The van der Waals surface area contributed by atoms with Gasteiger partial charge >= 0.3 is 6.03 Å². The molecule has 1 aliphatic heterocycles. The van der Waals surface area contributed by atoms with Crippen molar-refractivity contribution in [3.05, 3.63) is 0 Å². The van der Waals surface area contributed by atoms with E-state index in [2.05, 4.69) is 4.72 Å². The van der Waals surface area contributed by atoms with Crippen LogP contribution in [-0.4, -0.2) is 66.9 Å². The fraction of sp³-hybridized carbons (Fsp3) is 0.900. The third kappa shape index (κ3) is 3.98. The second-order valence-electron chi connectivity index (χ2n) is 9.75. The van der Waals surface area contributed by atoms with E-state index in [9.17, 15) is 17.6 Å². The van der Waals surface area contributed by atoms with Gasteiger partial charge in [-0.2, -0.15) is 5.26 Å². The van der Waals surface area contributed by atoms with E-state index in [4.69, 9.17) is 5.26 Å². The molecule has 1 N–H and O–H groups in total. The maximum Gasteiger partial charge on any atom is 0.320 e. The molecular weight excluding hydrogens is 395 g/mol. The Labute approximate surface area is 172 Å². The number of hydrogen-bond donors (Lipinski definition) is 1. The van der Waals surface area contributed by atoms with Crippen LogP contribution in [0.3, 0.4) is 0 Å². The monoisotopic (exact) mass is 426 g/mol. The Bertz CT molecular complexity index is 809. The van der Waals surface area contributed by atoms with Gasteiger partial charge in [0.15, 0.2) is 0 Å². The Kier molecular flexibility index (Phi) is 5.31. The highest BCUT2D eigenvalue weighted by molar-refractivity contribution is 7.90. The number of nitrogens with zero attached hydrogens (tertiary/aromatic N) is 3. The van der Waals surface area contributed by atoms with Gasteiger partial charge in [-0.3, -0.25) is 0 Å². The lowest BCUT2D eigenvalue weighted by atomic mass is 9.80. The number of halogens is 1. The second-order valence-corrected chi connectivity index (χ2v) is 11.7. The minimum absolute atomic E-state index is 0.0118. The van der Waals surface area contributed by atoms with Crippen LogP contribution in [0.2, 0.25) is 0 Å². The lowest BCUT2D eigenvalue weighted by molar-refractivity contribution is 0.118. The fourth-order valence-electron chi connectivity index (χ4n) is 5.36. The van der Waals surface area contributed by atoms with Crippen molar-refractivity contribution in [1.82, 2.24) is 14.5 Å². The lowest BCUT2D eigenvalue weighted by Gasteiger charge is -2.37. The first kappa shape index (κ1) is 20.9. The average Bonchev–Trinajstić information content (AvgIpc) is 3.34. The van der Waals surface area contributed by atoms with E-state index in [-0.39, 0.29) is 29.6 Å². The Morgan fingerprint density at radius 2 is 1.93 bits per heavy atom. The van der Waals surface area contributed by atoms with Crippen LogP contribution >= 0.6 is 0 Å². The summed E-state index contributed by atoms with van der Waals surface area (Å²) in [4.78, 5) is 16.4. The summed E-state index contributed by atoms with van der Waals surface area (Å²) in [5.74, 6) is -0.471. The molecule has 9 heteroatoms. The summed E-state index contributed by atoms with van der Waals surface area (Å²) < 4.78 is 42.7. The summed E-state index contributed by atoms with van der Waals surface area (Å²) in [6.07, 6.45) is 3.88. The first-order valence-electron chi connectivity index (χ1n) is 10.7. The summed E-state index contributed by atoms with van der Waals surface area (Å²) in [7, 11) is -1.66. The molecule has 4 fully saturated rings. The number of nitrogens with one attached hydrogen (secondary N) is 1. The molecule has 0 aromatic heterocycles. The van der Waals surface area contributed by atoms with Crippen LogP contribution < -0.4 is 4.72 Å². The zero-order valence-electron chi connectivity index (χ0n) is 17.2. The molecule has 4 rings (SSSR count). The van der Waals surface area contributed by atoms with Gasteiger partial charge in [-0.1, -0.05) is 0 Å². The summed E-state index contributed by atoms with van der Waals surface area (Å²) in [5, 5.41) is 8.54. The van der Waals surface area contributed by atoms with Crippen LogP contribution in [0.1, 0.15) is 58.3 Å². The number of urea groups is 1. The molecular formula is C20H31FN4O3S. The van der Waals surface area contributed by atoms with Crippen molar-refractivity contribution in [2.45, 2.75) is 87.3 Å². The fourth-order valence-corrected chi connectivity index (χ4v) is 7.31. The highest BCUT2D eigenvalue weighted by atomic mass is 32.2. The highest BCUT2D eigenvalue weighted by Gasteiger charge is 2.51. The molecule has 2 amide bonds. The van der Waals surface area contributed by atoms with Crippen LogP contribution in [0.15, 0.2) is 0 Å². The first-order chi connectivity index (χ1) is 13.6. The van der Waals surface area contributed by atoms with Gasteiger partial charge < -0.3 is 9.80 Å². The number of fused-ring (bicyclic) bond motifs is 1. The largest absolute Gasteiger partial charge is 0.323 e. The smallest absolute Gasteiger partial charge is 0.320 e. The third-order valence-electron chi connectivity index (χ3n) is 7.51. The van der Waals surface area contributed by atoms with E-state index < -0.39 is 27.4 Å². The topological polar surface area (TPSA) is 93.5 Å². The molecule has 0 aromatic rings. The molecule has 0 radical (unpaired) electrons. The van der Waals surface area contributed by atoms with Crippen LogP contribution in [0.25, 0.3) is 0 Å². The summed E-state index contributed by atoms with van der Waals surface area (Å²) >= 11 is 0. The van der Waals surface area contributed by atoms with Crippen molar-refractivity contribution < 1.29 is 17.6 Å². The SMILES string of the molecule is CN1C(=O)N(CC2CCC(C#N)C(F)C2)C2CCC(S(=O)(=O)NC3(C)CC3)CC21. The zero-order valence-corrected chi connectivity index (χ0v) is 18.0. The summed E-state index contributed by atoms with van der Waals surface area (Å²) in [5.41, 5.74) is -0.287. The highest BCUT2D eigenvalue weighted by Crippen LogP contribution is 2.40. The van der Waals surface area contributed by atoms with Crippen molar-refractivity contribution >= 4 is 16.1 Å². The Morgan fingerprint density at radius 3 is 2.55 bits per heavy atom. The molecule has 3 aliphatic carbocycles. The van der Waals surface area contributed by atoms with Gasteiger partial charge in [-0.05, 0) is 64.2 Å². The number of hydrogen-bond acceptors (Lipinski definition) is 4. The van der Waals surface area contributed by atoms with E-state index >= 15 is 0 Å². The van der Waals surface area contributed by atoms with Gasteiger partial charge in [0.25, 0.3) is 0 Å². The number of sulfonamides is 1. The van der Waals surface area contributed by atoms with E-state index in [0.29, 0.717) is 38.6 Å². The number of carbonyl (C=O) groups excluding carboxylic acids is 1. The van der Waals surface area contributed by atoms with Gasteiger partial charge in [-0.15, -0.1) is 0 Å². The minimum Gasteiger partial charge on any atom is -0.323 e. The number of nitriles is 1. The quantitative estimate of drug-likeness (QED) is 0.730. The van der Waals surface area contributed by atoms with Crippen LogP contribution in [0, 0.1) is 23.2 Å². The van der Waals surface area contributed by atoms with E-state index in [1.807, 2.05) is 17.9 Å². The van der Waals surface area contributed by atoms with Crippen molar-refractivity contribution in [3.8, 4) is 6.07 Å². The molecule has 6 unspecified atom stereocenters. The predicted octanol–water partition coefficient (Wildman–Crippen LogP) is 2.39. The Balaban J connectivity index is 1.41. The molecule has 162 valence electrons. The predicted molar refractivity (Wildman–Crippen MR) is 106 cm³/mol. The van der Waals surface area contributed by atoms with E-state index in [0.717, 1.165) is 19.3 Å². The molecule has 29 heavy (non-hydrogen) atoms. The number of alkyl halides is 1. The van der Waals surface area contributed by atoms with Gasteiger partial charge in [0.1, 0.15) is 6.17 Å². The molecule has 3 saturated carbocycles. The molecule has 0 spiro atoms. The number of amides is 2. The molecule has 0 bridgehead atoms. The first-order valence-corrected chi connectivity index (χ1v) is 12.3. The van der Waals surface area contributed by atoms with Crippen molar-refractivity contribution in [2.75, 3.05) is 13.6 Å². The maximum atomic E-state index is 14.2. The van der Waals surface area contributed by atoms with Gasteiger partial charge in [-0.25, -0.2) is 22.3 Å². The van der Waals surface area contributed by atoms with Crippen molar-refractivity contribution in [1.29, 1.82) is 5.26 Å². The molecule has 7 nitrogen and oxygen atoms in total. The van der Waals surface area contributed by atoms with Crippen molar-refractivity contribution in [3.63, 3.8) is 0 Å². The van der Waals surface area contributed by atoms with Gasteiger partial charge in [0.05, 0.1) is 29.3 Å². The average molecular weight is 427 g/mol. The zero-order chi connectivity index (χ0) is 21.0. The van der Waals surface area contributed by atoms with Crippen LogP contribution in [-0.2, 0) is 10.0 Å². The van der Waals surface area contributed by atoms with Crippen LogP contribution in [0.5, 0.6) is 0 Å². The Morgan fingerprint density at radius 1 is 1.21 bits per heavy atom. The minimum atomic E-state index is -3.41. The number of rotatable bonds is 5. The molecule has 0 aromatic carbocycles. The van der Waals surface area contributed by atoms with E-state index in [1.165, 1.54) is 0 Å². The number of likely N-dealkylation sites (N-methyl/N-ethyl adjacent to an activating group) is 1. The maximum absolute atomic E-state index is 14.2. The molecule has 1 saturated heterocycles. The molecule has 4 aliphatic rings. The molecule has 6 atom stereocenters. The summed E-state index contributed by atoms with van der Waals surface area (Å²) in [6, 6.07) is 1.82. The lowest BCUT2D eigenvalue weighted by Crippen LogP contribution is -2.50. The third-order valence-corrected chi connectivity index (χ3v) is 9.59. The molecule has 1 heterocycles. The number of carbonyl (C=O) groups is 1. The van der Waals surface area contributed by atoms with Crippen LogP contribution in [0.4, 0.5) is 9.18 Å². The van der Waals surface area contributed by atoms with Gasteiger partial charge in [0, 0.05) is 19.1 Å². The van der Waals surface area contributed by atoms with Crippen molar-refractivity contribution in [2.24, 2.45) is 11.8 Å². The standard InChI is InChI=1S/C20H31FN4O3S/c1-20(7-8-20)23-29(27,28)15-5-6-17-18(10-15)24(2)19(26)25(17)12-13-3-4-14(11-22)16(21)9-13/h13-18,23H,3-10,12H2,1-2H3. The van der Waals surface area contributed by atoms with Gasteiger partial charge in [0.2, 0.25) is 10.0 Å². The Hall–Kier alpha value is -1.40.